The smallest absolute Gasteiger partial charge is 0.0469 e. The Morgan fingerprint density at radius 1 is 1.05 bits per heavy atom. The summed E-state index contributed by atoms with van der Waals surface area (Å²) in [5.41, 5.74) is 1.49. The molecule has 6 heteroatoms. The highest BCUT2D eigenvalue weighted by molar-refractivity contribution is 14.1. The van der Waals surface area contributed by atoms with E-state index in [9.17, 15) is 0 Å². The van der Waals surface area contributed by atoms with Gasteiger partial charge in [-0.3, -0.25) is 4.90 Å². The van der Waals surface area contributed by atoms with Crippen LogP contribution < -0.4 is 5.32 Å². The minimum atomic E-state index is 0. The van der Waals surface area contributed by atoms with Crippen LogP contribution in [0.4, 0.5) is 0 Å². The Bertz CT molecular complexity index is 403. The van der Waals surface area contributed by atoms with Gasteiger partial charge in [0.05, 0.1) is 0 Å². The molecule has 1 atom stereocenters. The van der Waals surface area contributed by atoms with E-state index in [0.717, 1.165) is 45.3 Å². The minimum Gasteiger partial charge on any atom is -0.381 e. The van der Waals surface area contributed by atoms with Crippen molar-refractivity contribution < 1.29 is 4.74 Å². The quantitative estimate of drug-likeness (QED) is 0.701. The Morgan fingerprint density at radius 3 is 2.23 bits per heavy atom. The topological polar surface area (TPSA) is 24.5 Å². The normalized spacial score (nSPS) is 21.5. The number of nitrogens with zero attached hydrogens (tertiary/aromatic N) is 1. The Morgan fingerprint density at radius 2 is 1.64 bits per heavy atom. The van der Waals surface area contributed by atoms with E-state index in [2.05, 4.69) is 57.1 Å². The second-order valence-electron chi connectivity index (χ2n) is 5.73. The maximum atomic E-state index is 5.56. The van der Waals surface area contributed by atoms with Crippen LogP contribution in [0.1, 0.15) is 24.4 Å². The van der Waals surface area contributed by atoms with Gasteiger partial charge in [0, 0.05) is 49.0 Å². The van der Waals surface area contributed by atoms with E-state index < -0.39 is 0 Å². The van der Waals surface area contributed by atoms with E-state index in [4.69, 9.17) is 4.74 Å². The molecule has 2 fully saturated rings. The van der Waals surface area contributed by atoms with Crippen LogP contribution in [0, 0.1) is 9.49 Å². The van der Waals surface area contributed by atoms with Gasteiger partial charge in [0.1, 0.15) is 0 Å². The van der Waals surface area contributed by atoms with Gasteiger partial charge in [0.2, 0.25) is 0 Å². The fourth-order valence-corrected chi connectivity index (χ4v) is 3.79. The fraction of sp³-hybridized carbons (Fsp3) is 0.625. The lowest BCUT2D eigenvalue weighted by atomic mass is 9.85. The average Bonchev–Trinajstić information content (AvgIpc) is 2.52. The number of halogens is 3. The summed E-state index contributed by atoms with van der Waals surface area (Å²) < 4.78 is 6.88. The van der Waals surface area contributed by atoms with Crippen LogP contribution in [0.25, 0.3) is 0 Å². The molecule has 0 unspecified atom stereocenters. The molecule has 1 aromatic carbocycles. The first-order valence-electron chi connectivity index (χ1n) is 7.62. The summed E-state index contributed by atoms with van der Waals surface area (Å²) in [6.07, 6.45) is 2.39. The number of ether oxygens (including phenoxy) is 1. The van der Waals surface area contributed by atoms with Crippen LogP contribution in [0.5, 0.6) is 0 Å². The Kier molecular flexibility index (Phi) is 9.59. The molecule has 3 nitrogen and oxygen atoms in total. The van der Waals surface area contributed by atoms with Crippen LogP contribution in [-0.4, -0.2) is 44.3 Å². The predicted octanol–water partition coefficient (Wildman–Crippen LogP) is 3.51. The number of nitrogens with one attached hydrogen (secondary N) is 1. The zero-order valence-electron chi connectivity index (χ0n) is 12.7. The van der Waals surface area contributed by atoms with Crippen molar-refractivity contribution >= 4 is 47.4 Å². The number of benzene rings is 1. The molecule has 0 aromatic heterocycles. The van der Waals surface area contributed by atoms with E-state index in [1.54, 1.807) is 0 Å². The minimum absolute atomic E-state index is 0. The third-order valence-corrected chi connectivity index (χ3v) is 5.19. The highest BCUT2D eigenvalue weighted by atomic mass is 127. The van der Waals surface area contributed by atoms with Crippen LogP contribution in [-0.2, 0) is 4.74 Å². The molecular formula is C16H25Cl2IN2O. The van der Waals surface area contributed by atoms with Gasteiger partial charge in [0.15, 0.2) is 0 Å². The summed E-state index contributed by atoms with van der Waals surface area (Å²) in [7, 11) is 0. The second-order valence-corrected chi connectivity index (χ2v) is 6.98. The van der Waals surface area contributed by atoms with Crippen molar-refractivity contribution in [3.05, 3.63) is 33.4 Å². The summed E-state index contributed by atoms with van der Waals surface area (Å²) >= 11 is 2.39. The molecule has 2 heterocycles. The van der Waals surface area contributed by atoms with E-state index in [-0.39, 0.29) is 24.8 Å². The molecule has 0 radical (unpaired) electrons. The molecule has 2 aliphatic heterocycles. The van der Waals surface area contributed by atoms with Gasteiger partial charge in [-0.1, -0.05) is 12.1 Å². The molecule has 3 rings (SSSR count). The number of piperazine rings is 1. The van der Waals surface area contributed by atoms with Crippen molar-refractivity contribution in [2.45, 2.75) is 18.9 Å². The van der Waals surface area contributed by atoms with Gasteiger partial charge in [-0.25, -0.2) is 0 Å². The van der Waals surface area contributed by atoms with Crippen LogP contribution in [0.2, 0.25) is 0 Å². The van der Waals surface area contributed by atoms with Crippen LogP contribution >= 0.6 is 47.4 Å². The van der Waals surface area contributed by atoms with Gasteiger partial charge < -0.3 is 10.1 Å². The van der Waals surface area contributed by atoms with Crippen molar-refractivity contribution in [1.29, 1.82) is 0 Å². The molecule has 126 valence electrons. The number of hydrogen-bond acceptors (Lipinski definition) is 3. The molecule has 0 saturated carbocycles. The maximum Gasteiger partial charge on any atom is 0.0469 e. The molecule has 2 aliphatic rings. The highest BCUT2D eigenvalue weighted by Gasteiger charge is 2.31. The lowest BCUT2D eigenvalue weighted by Crippen LogP contribution is -2.47. The predicted molar refractivity (Wildman–Crippen MR) is 104 cm³/mol. The average molecular weight is 459 g/mol. The van der Waals surface area contributed by atoms with Crippen molar-refractivity contribution in [3.63, 3.8) is 0 Å². The third-order valence-electron chi connectivity index (χ3n) is 4.47. The van der Waals surface area contributed by atoms with Crippen molar-refractivity contribution in [2.75, 3.05) is 39.4 Å². The van der Waals surface area contributed by atoms with Crippen molar-refractivity contribution in [2.24, 2.45) is 5.92 Å². The summed E-state index contributed by atoms with van der Waals surface area (Å²) in [6, 6.07) is 9.70. The van der Waals surface area contributed by atoms with Gasteiger partial charge in [-0.05, 0) is 59.0 Å². The molecular weight excluding hydrogens is 434 g/mol. The summed E-state index contributed by atoms with van der Waals surface area (Å²) in [4.78, 5) is 2.68. The lowest BCUT2D eigenvalue weighted by molar-refractivity contribution is 0.0213. The fourth-order valence-electron chi connectivity index (χ4n) is 3.43. The number of hydrogen-bond donors (Lipinski definition) is 1. The third kappa shape index (κ3) is 5.21. The van der Waals surface area contributed by atoms with Crippen LogP contribution in [0.15, 0.2) is 24.3 Å². The highest BCUT2D eigenvalue weighted by Crippen LogP contribution is 2.35. The van der Waals surface area contributed by atoms with E-state index in [0.29, 0.717) is 6.04 Å². The maximum absolute atomic E-state index is 5.56. The molecule has 0 spiro atoms. The van der Waals surface area contributed by atoms with E-state index >= 15 is 0 Å². The molecule has 1 N–H and O–H groups in total. The van der Waals surface area contributed by atoms with E-state index in [1.165, 1.54) is 22.0 Å². The van der Waals surface area contributed by atoms with Crippen molar-refractivity contribution in [3.8, 4) is 0 Å². The monoisotopic (exact) mass is 458 g/mol. The standard InChI is InChI=1S/C16H23IN2O.2ClH/c17-15-3-1-13(2-4-15)16(14-5-11-20-12-6-14)19-9-7-18-8-10-19;;/h1-4,14,16,18H,5-12H2;2*1H/t16-;;/m0../s1. The summed E-state index contributed by atoms with van der Waals surface area (Å²) in [5, 5.41) is 3.47. The largest absolute Gasteiger partial charge is 0.381 e. The SMILES string of the molecule is Cl.Cl.Ic1ccc([C@@H](C2CCOCC2)N2CCNCC2)cc1. The molecule has 0 amide bonds. The Balaban J connectivity index is 0.00000121. The first-order valence-corrected chi connectivity index (χ1v) is 8.70. The first-order chi connectivity index (χ1) is 9.84. The van der Waals surface area contributed by atoms with E-state index in [1.807, 2.05) is 0 Å². The molecule has 0 bridgehead atoms. The lowest BCUT2D eigenvalue weighted by Gasteiger charge is -2.41. The zero-order valence-corrected chi connectivity index (χ0v) is 16.5. The van der Waals surface area contributed by atoms with Gasteiger partial charge in [0.25, 0.3) is 0 Å². The van der Waals surface area contributed by atoms with Gasteiger partial charge in [-0.2, -0.15) is 0 Å². The number of rotatable bonds is 3. The van der Waals surface area contributed by atoms with Gasteiger partial charge in [-0.15, -0.1) is 24.8 Å². The summed E-state index contributed by atoms with van der Waals surface area (Å²) in [6.45, 7) is 6.41. The van der Waals surface area contributed by atoms with Crippen molar-refractivity contribution in [1.82, 2.24) is 10.2 Å². The molecule has 22 heavy (non-hydrogen) atoms. The first kappa shape index (κ1) is 20.5. The molecule has 2 saturated heterocycles. The Hall–Kier alpha value is 0.410. The molecule has 0 aliphatic carbocycles. The second kappa shape index (κ2) is 10.3. The summed E-state index contributed by atoms with van der Waals surface area (Å²) in [5.74, 6) is 0.738. The van der Waals surface area contributed by atoms with Gasteiger partial charge >= 0.3 is 0 Å². The molecule has 1 aromatic rings. The van der Waals surface area contributed by atoms with Crippen LogP contribution in [0.3, 0.4) is 0 Å². The Labute approximate surface area is 159 Å². The zero-order chi connectivity index (χ0) is 13.8.